The van der Waals surface area contributed by atoms with Crippen LogP contribution in [0.4, 0.5) is 5.69 Å². The molecule has 0 radical (unpaired) electrons. The molecule has 0 aliphatic heterocycles. The molecular formula is C18H16N2O2. The third-order valence-corrected chi connectivity index (χ3v) is 3.63. The third kappa shape index (κ3) is 2.63. The Morgan fingerprint density at radius 2 is 1.82 bits per heavy atom. The molecule has 0 spiro atoms. The predicted octanol–water partition coefficient (Wildman–Crippen LogP) is 3.40. The molecule has 1 amide bonds. The highest BCUT2D eigenvalue weighted by Crippen LogP contribution is 2.17. The Balaban J connectivity index is 1.98. The maximum atomic E-state index is 12.4. The van der Waals surface area contributed by atoms with Crippen LogP contribution in [0.5, 0.6) is 0 Å². The van der Waals surface area contributed by atoms with Crippen LogP contribution in [0.25, 0.3) is 10.9 Å². The van der Waals surface area contributed by atoms with Crippen molar-refractivity contribution in [2.75, 3.05) is 5.32 Å². The van der Waals surface area contributed by atoms with E-state index in [0.717, 1.165) is 22.0 Å². The Hall–Kier alpha value is -2.88. The fourth-order valence-electron chi connectivity index (χ4n) is 2.46. The van der Waals surface area contributed by atoms with E-state index in [1.807, 2.05) is 56.3 Å². The molecule has 110 valence electrons. The summed E-state index contributed by atoms with van der Waals surface area (Å²) in [7, 11) is 0. The molecule has 0 unspecified atom stereocenters. The van der Waals surface area contributed by atoms with Gasteiger partial charge >= 0.3 is 0 Å². The van der Waals surface area contributed by atoms with E-state index in [9.17, 15) is 9.59 Å². The van der Waals surface area contributed by atoms with Gasteiger partial charge in [-0.05, 0) is 43.0 Å². The summed E-state index contributed by atoms with van der Waals surface area (Å²) in [5.41, 5.74) is 3.24. The number of anilines is 1. The number of aromatic nitrogens is 1. The standard InChI is InChI=1S/C18H16N2O2/c1-11-7-8-15(12(2)9-11)19-17(21)14-10-13-5-3-4-6-16(13)20-18(14)22/h3-10H,1-2H3,(H,19,21)(H,20,22). The summed E-state index contributed by atoms with van der Waals surface area (Å²) in [4.78, 5) is 27.2. The SMILES string of the molecule is Cc1ccc(NC(=O)c2cc3ccccc3[nH]c2=O)c(C)c1. The van der Waals surface area contributed by atoms with Crippen molar-refractivity contribution in [2.45, 2.75) is 13.8 Å². The number of fused-ring (bicyclic) bond motifs is 1. The first-order chi connectivity index (χ1) is 10.5. The molecule has 1 heterocycles. The average molecular weight is 292 g/mol. The first-order valence-electron chi connectivity index (χ1n) is 7.05. The highest BCUT2D eigenvalue weighted by molar-refractivity contribution is 6.06. The zero-order valence-electron chi connectivity index (χ0n) is 12.4. The molecule has 0 atom stereocenters. The number of nitrogens with one attached hydrogen (secondary N) is 2. The topological polar surface area (TPSA) is 62.0 Å². The molecule has 22 heavy (non-hydrogen) atoms. The lowest BCUT2D eigenvalue weighted by Gasteiger charge is -2.09. The van der Waals surface area contributed by atoms with E-state index < -0.39 is 5.91 Å². The molecule has 1 aromatic heterocycles. The minimum absolute atomic E-state index is 0.110. The lowest BCUT2D eigenvalue weighted by Crippen LogP contribution is -2.23. The quantitative estimate of drug-likeness (QED) is 0.760. The van der Waals surface area contributed by atoms with Crippen LogP contribution in [-0.4, -0.2) is 10.9 Å². The van der Waals surface area contributed by atoms with Crippen molar-refractivity contribution in [3.8, 4) is 0 Å². The highest BCUT2D eigenvalue weighted by Gasteiger charge is 2.13. The Labute approximate surface area is 127 Å². The molecule has 3 aromatic rings. The first-order valence-corrected chi connectivity index (χ1v) is 7.05. The number of benzene rings is 2. The fourth-order valence-corrected chi connectivity index (χ4v) is 2.46. The van der Waals surface area contributed by atoms with Gasteiger partial charge in [-0.25, -0.2) is 0 Å². The van der Waals surface area contributed by atoms with Gasteiger partial charge in [0, 0.05) is 11.2 Å². The third-order valence-electron chi connectivity index (χ3n) is 3.63. The number of hydrogen-bond donors (Lipinski definition) is 2. The Bertz CT molecular complexity index is 926. The van der Waals surface area contributed by atoms with Crippen molar-refractivity contribution >= 4 is 22.5 Å². The van der Waals surface area contributed by atoms with Gasteiger partial charge < -0.3 is 10.3 Å². The molecule has 3 rings (SSSR count). The number of rotatable bonds is 2. The van der Waals surface area contributed by atoms with Crippen LogP contribution >= 0.6 is 0 Å². The van der Waals surface area contributed by atoms with E-state index in [4.69, 9.17) is 0 Å². The molecule has 0 saturated heterocycles. The first kappa shape index (κ1) is 14.1. The number of amides is 1. The second kappa shape index (κ2) is 5.48. The van der Waals surface area contributed by atoms with Crippen molar-refractivity contribution in [1.29, 1.82) is 0 Å². The number of para-hydroxylation sites is 1. The second-order valence-electron chi connectivity index (χ2n) is 5.37. The lowest BCUT2D eigenvalue weighted by molar-refractivity contribution is 0.102. The molecule has 0 bridgehead atoms. The molecular weight excluding hydrogens is 276 g/mol. The minimum atomic E-state index is -0.404. The maximum absolute atomic E-state index is 12.4. The van der Waals surface area contributed by atoms with Crippen molar-refractivity contribution in [1.82, 2.24) is 4.98 Å². The molecule has 0 saturated carbocycles. The molecule has 0 aliphatic rings. The van der Waals surface area contributed by atoms with E-state index >= 15 is 0 Å². The number of carbonyl (C=O) groups excluding carboxylic acids is 1. The van der Waals surface area contributed by atoms with E-state index in [0.29, 0.717) is 5.69 Å². The van der Waals surface area contributed by atoms with Gasteiger partial charge in [-0.2, -0.15) is 0 Å². The Kier molecular flexibility index (Phi) is 3.51. The van der Waals surface area contributed by atoms with Crippen LogP contribution < -0.4 is 10.9 Å². The van der Waals surface area contributed by atoms with E-state index in [1.165, 1.54) is 0 Å². The highest BCUT2D eigenvalue weighted by atomic mass is 16.2. The van der Waals surface area contributed by atoms with Gasteiger partial charge in [0.15, 0.2) is 0 Å². The van der Waals surface area contributed by atoms with Gasteiger partial charge in [0.2, 0.25) is 0 Å². The number of H-pyrrole nitrogens is 1. The van der Waals surface area contributed by atoms with Gasteiger partial charge in [0.25, 0.3) is 11.5 Å². The lowest BCUT2D eigenvalue weighted by atomic mass is 10.1. The van der Waals surface area contributed by atoms with Gasteiger partial charge in [0.1, 0.15) is 5.56 Å². The molecule has 4 heteroatoms. The summed E-state index contributed by atoms with van der Waals surface area (Å²) in [6.45, 7) is 3.92. The van der Waals surface area contributed by atoms with Crippen LogP contribution in [0.3, 0.4) is 0 Å². The smallest absolute Gasteiger partial charge is 0.261 e. The number of aromatic amines is 1. The predicted molar refractivity (Wildman–Crippen MR) is 88.4 cm³/mol. The van der Waals surface area contributed by atoms with Gasteiger partial charge in [-0.1, -0.05) is 35.9 Å². The summed E-state index contributed by atoms with van der Waals surface area (Å²) < 4.78 is 0. The van der Waals surface area contributed by atoms with Gasteiger partial charge in [-0.15, -0.1) is 0 Å². The number of aryl methyl sites for hydroxylation is 2. The van der Waals surface area contributed by atoms with Crippen LogP contribution in [0.2, 0.25) is 0 Å². The molecule has 2 aromatic carbocycles. The zero-order valence-corrected chi connectivity index (χ0v) is 12.4. The summed E-state index contributed by atoms with van der Waals surface area (Å²) in [6.07, 6.45) is 0. The van der Waals surface area contributed by atoms with Gasteiger partial charge in [0.05, 0.1) is 0 Å². The van der Waals surface area contributed by atoms with Crippen LogP contribution in [-0.2, 0) is 0 Å². The second-order valence-corrected chi connectivity index (χ2v) is 5.37. The largest absolute Gasteiger partial charge is 0.322 e. The Morgan fingerprint density at radius 3 is 2.59 bits per heavy atom. The maximum Gasteiger partial charge on any atom is 0.261 e. The van der Waals surface area contributed by atoms with E-state index in [-0.39, 0.29) is 11.1 Å². The van der Waals surface area contributed by atoms with Crippen molar-refractivity contribution in [2.24, 2.45) is 0 Å². The number of carbonyl (C=O) groups is 1. The Morgan fingerprint density at radius 1 is 1.05 bits per heavy atom. The van der Waals surface area contributed by atoms with Crippen LogP contribution in [0, 0.1) is 13.8 Å². The summed E-state index contributed by atoms with van der Waals surface area (Å²) >= 11 is 0. The average Bonchev–Trinajstić information content (AvgIpc) is 2.49. The fraction of sp³-hybridized carbons (Fsp3) is 0.111. The normalized spacial score (nSPS) is 10.6. The molecule has 0 fully saturated rings. The number of pyridine rings is 1. The van der Waals surface area contributed by atoms with Crippen molar-refractivity contribution < 1.29 is 4.79 Å². The van der Waals surface area contributed by atoms with Crippen LogP contribution in [0.15, 0.2) is 53.3 Å². The van der Waals surface area contributed by atoms with Crippen molar-refractivity contribution in [3.05, 3.63) is 75.6 Å². The zero-order chi connectivity index (χ0) is 15.7. The summed E-state index contributed by atoms with van der Waals surface area (Å²) in [5.74, 6) is -0.404. The molecule has 4 nitrogen and oxygen atoms in total. The monoisotopic (exact) mass is 292 g/mol. The summed E-state index contributed by atoms with van der Waals surface area (Å²) in [6, 6.07) is 14.8. The molecule has 0 aliphatic carbocycles. The molecule has 2 N–H and O–H groups in total. The van der Waals surface area contributed by atoms with Gasteiger partial charge in [-0.3, -0.25) is 9.59 Å². The minimum Gasteiger partial charge on any atom is -0.322 e. The van der Waals surface area contributed by atoms with Crippen molar-refractivity contribution in [3.63, 3.8) is 0 Å². The van der Waals surface area contributed by atoms with E-state index in [1.54, 1.807) is 6.07 Å². The van der Waals surface area contributed by atoms with Crippen LogP contribution in [0.1, 0.15) is 21.5 Å². The number of hydrogen-bond acceptors (Lipinski definition) is 2. The van der Waals surface area contributed by atoms with E-state index in [2.05, 4.69) is 10.3 Å². The summed E-state index contributed by atoms with van der Waals surface area (Å²) in [5, 5.41) is 3.63.